The van der Waals surface area contributed by atoms with Gasteiger partial charge in [0.2, 0.25) is 0 Å². The van der Waals surface area contributed by atoms with E-state index in [1.165, 1.54) is 65.5 Å². The van der Waals surface area contributed by atoms with E-state index in [0.717, 1.165) is 6.07 Å². The molecule has 0 spiro atoms. The Morgan fingerprint density at radius 1 is 0.886 bits per heavy atom. The number of amides is 2. The first-order valence-corrected chi connectivity index (χ1v) is 13.6. The number of pyridine rings is 2. The van der Waals surface area contributed by atoms with E-state index >= 15 is 4.39 Å². The summed E-state index contributed by atoms with van der Waals surface area (Å²) in [5, 5.41) is 8.31. The van der Waals surface area contributed by atoms with Gasteiger partial charge in [0.15, 0.2) is 11.6 Å². The van der Waals surface area contributed by atoms with Gasteiger partial charge in [0.25, 0.3) is 17.4 Å². The smallest absolute Gasteiger partial charge is 0.267 e. The number of halogens is 2. The minimum Gasteiger partial charge on any atom is -0.454 e. The normalized spacial score (nSPS) is 10.7. The fourth-order valence-electron chi connectivity index (χ4n) is 4.34. The van der Waals surface area contributed by atoms with Crippen molar-refractivity contribution in [2.75, 3.05) is 25.5 Å². The number of hydrogen-bond acceptors (Lipinski definition) is 6. The Morgan fingerprint density at radius 2 is 1.66 bits per heavy atom. The molecular weight excluding hydrogens is 568 g/mol. The number of rotatable bonds is 10. The average molecular weight is 596 g/mol. The highest BCUT2D eigenvalue weighted by molar-refractivity contribution is 6.04. The first-order valence-electron chi connectivity index (χ1n) is 13.6. The number of aromatic nitrogens is 2. The molecule has 9 nitrogen and oxygen atoms in total. The molecule has 0 unspecified atom stereocenters. The third kappa shape index (κ3) is 6.85. The topological polar surface area (TPSA) is 114 Å². The maximum absolute atomic E-state index is 15.2. The van der Waals surface area contributed by atoms with Crippen molar-refractivity contribution in [3.63, 3.8) is 0 Å². The van der Waals surface area contributed by atoms with Gasteiger partial charge < -0.3 is 20.7 Å². The number of hydrogen-bond donors (Lipinski definition) is 3. The van der Waals surface area contributed by atoms with E-state index in [9.17, 15) is 18.8 Å². The SMILES string of the molecule is CNCCNC(=O)c1ccc(-c2cnccc2Oc2ccc(NC(=O)c3cccn(-c4ccc(F)cc4)c3=O)cc2F)cc1. The Bertz CT molecular complexity index is 1860. The molecule has 0 aliphatic rings. The second-order valence-corrected chi connectivity index (χ2v) is 9.58. The lowest BCUT2D eigenvalue weighted by Crippen LogP contribution is -2.30. The Balaban J connectivity index is 1.30. The molecule has 0 atom stereocenters. The molecule has 0 radical (unpaired) electrons. The number of anilines is 1. The Morgan fingerprint density at radius 3 is 2.39 bits per heavy atom. The van der Waals surface area contributed by atoms with Crippen molar-refractivity contribution >= 4 is 17.5 Å². The van der Waals surface area contributed by atoms with Crippen molar-refractivity contribution in [2.24, 2.45) is 0 Å². The van der Waals surface area contributed by atoms with Crippen molar-refractivity contribution in [3.05, 3.63) is 137 Å². The van der Waals surface area contributed by atoms with Gasteiger partial charge in [-0.05, 0) is 79.3 Å². The third-order valence-corrected chi connectivity index (χ3v) is 6.61. The van der Waals surface area contributed by atoms with Gasteiger partial charge in [0.1, 0.15) is 17.1 Å². The molecule has 3 N–H and O–H groups in total. The van der Waals surface area contributed by atoms with Gasteiger partial charge >= 0.3 is 0 Å². The molecule has 0 saturated heterocycles. The van der Waals surface area contributed by atoms with E-state index in [4.69, 9.17) is 4.74 Å². The highest BCUT2D eigenvalue weighted by Crippen LogP contribution is 2.34. The molecule has 2 aromatic heterocycles. The van der Waals surface area contributed by atoms with Gasteiger partial charge in [-0.25, -0.2) is 8.78 Å². The summed E-state index contributed by atoms with van der Waals surface area (Å²) in [7, 11) is 1.80. The van der Waals surface area contributed by atoms with Crippen LogP contribution in [0.25, 0.3) is 16.8 Å². The highest BCUT2D eigenvalue weighted by atomic mass is 19.1. The fourth-order valence-corrected chi connectivity index (χ4v) is 4.34. The van der Waals surface area contributed by atoms with Crippen molar-refractivity contribution < 1.29 is 23.1 Å². The predicted molar refractivity (Wildman–Crippen MR) is 162 cm³/mol. The van der Waals surface area contributed by atoms with E-state index in [2.05, 4.69) is 20.9 Å². The number of carbonyl (C=O) groups excluding carboxylic acids is 2. The van der Waals surface area contributed by atoms with Crippen LogP contribution in [-0.2, 0) is 0 Å². The monoisotopic (exact) mass is 595 g/mol. The Labute approximate surface area is 251 Å². The van der Waals surface area contributed by atoms with E-state index in [0.29, 0.717) is 41.2 Å². The molecule has 2 heterocycles. The van der Waals surface area contributed by atoms with Crippen LogP contribution in [0, 0.1) is 11.6 Å². The summed E-state index contributed by atoms with van der Waals surface area (Å²) in [4.78, 5) is 42.3. The molecule has 11 heteroatoms. The van der Waals surface area contributed by atoms with Crippen LogP contribution in [0.4, 0.5) is 14.5 Å². The number of benzene rings is 3. The maximum atomic E-state index is 15.2. The van der Waals surface area contributed by atoms with Crippen molar-refractivity contribution in [1.29, 1.82) is 0 Å². The van der Waals surface area contributed by atoms with Crippen molar-refractivity contribution in [1.82, 2.24) is 20.2 Å². The van der Waals surface area contributed by atoms with Gasteiger partial charge in [0, 0.05) is 60.2 Å². The number of nitrogens with zero attached hydrogens (tertiary/aromatic N) is 2. The molecule has 44 heavy (non-hydrogen) atoms. The molecule has 0 bridgehead atoms. The van der Waals surface area contributed by atoms with E-state index in [-0.39, 0.29) is 22.9 Å². The number of likely N-dealkylation sites (N-methyl/N-ethyl adjacent to an activating group) is 1. The molecular formula is C33H27F2N5O4. The van der Waals surface area contributed by atoms with Crippen LogP contribution in [0.15, 0.2) is 108 Å². The van der Waals surface area contributed by atoms with Crippen LogP contribution in [0.3, 0.4) is 0 Å². The fraction of sp³-hybridized carbons (Fsp3) is 0.0909. The van der Waals surface area contributed by atoms with E-state index < -0.39 is 23.1 Å². The van der Waals surface area contributed by atoms with E-state index in [1.807, 2.05) is 0 Å². The molecule has 222 valence electrons. The first-order chi connectivity index (χ1) is 21.3. The van der Waals surface area contributed by atoms with Gasteiger partial charge in [-0.3, -0.25) is 23.9 Å². The lowest BCUT2D eigenvalue weighted by atomic mass is 10.0. The first kappa shape index (κ1) is 29.8. The summed E-state index contributed by atoms with van der Waals surface area (Å²) >= 11 is 0. The second-order valence-electron chi connectivity index (χ2n) is 9.58. The summed E-state index contributed by atoms with van der Waals surface area (Å²) in [6.45, 7) is 1.15. The van der Waals surface area contributed by atoms with Crippen LogP contribution < -0.4 is 26.2 Å². The molecule has 0 aliphatic carbocycles. The summed E-state index contributed by atoms with van der Waals surface area (Å²) in [6, 6.07) is 20.4. The molecule has 0 saturated carbocycles. The molecule has 5 aromatic rings. The van der Waals surface area contributed by atoms with Gasteiger partial charge in [0.05, 0.1) is 0 Å². The zero-order valence-corrected chi connectivity index (χ0v) is 23.5. The van der Waals surface area contributed by atoms with Crippen LogP contribution in [0.5, 0.6) is 11.5 Å². The minimum absolute atomic E-state index is 0.102. The Hall–Kier alpha value is -5.68. The Kier molecular flexibility index (Phi) is 9.16. The van der Waals surface area contributed by atoms with Crippen molar-refractivity contribution in [3.8, 4) is 28.3 Å². The average Bonchev–Trinajstić information content (AvgIpc) is 3.03. The summed E-state index contributed by atoms with van der Waals surface area (Å²) in [5.41, 5.74) is 1.46. The summed E-state index contributed by atoms with van der Waals surface area (Å²) in [5.74, 6) is -1.93. The quantitative estimate of drug-likeness (QED) is 0.192. The standard InChI is InChI=1S/C33H27F2N5O4/c1-36-16-17-38-31(41)22-6-4-21(5-7-22)27-20-37-15-14-29(27)44-30-13-10-24(19-28(30)35)39-32(42)26-3-2-18-40(33(26)43)25-11-8-23(34)9-12-25/h2-15,18-20,36H,16-17H2,1H3,(H,38,41)(H,39,42). The van der Waals surface area contributed by atoms with Gasteiger partial charge in [-0.2, -0.15) is 0 Å². The van der Waals surface area contributed by atoms with E-state index in [1.54, 1.807) is 43.6 Å². The maximum Gasteiger partial charge on any atom is 0.267 e. The van der Waals surface area contributed by atoms with Gasteiger partial charge in [-0.15, -0.1) is 0 Å². The third-order valence-electron chi connectivity index (χ3n) is 6.61. The minimum atomic E-state index is -0.754. The second kappa shape index (κ2) is 13.5. The molecule has 5 rings (SSSR count). The number of carbonyl (C=O) groups is 2. The highest BCUT2D eigenvalue weighted by Gasteiger charge is 2.16. The summed E-state index contributed by atoms with van der Waals surface area (Å²) < 4.78 is 35.6. The van der Waals surface area contributed by atoms with Crippen LogP contribution in [-0.4, -0.2) is 41.5 Å². The van der Waals surface area contributed by atoms with Crippen molar-refractivity contribution in [2.45, 2.75) is 0 Å². The molecule has 2 amide bonds. The van der Waals surface area contributed by atoms with Crippen LogP contribution in [0.2, 0.25) is 0 Å². The largest absolute Gasteiger partial charge is 0.454 e. The van der Waals surface area contributed by atoms with Crippen LogP contribution >= 0.6 is 0 Å². The van der Waals surface area contributed by atoms with Crippen LogP contribution in [0.1, 0.15) is 20.7 Å². The lowest BCUT2D eigenvalue weighted by molar-refractivity contribution is 0.0953. The zero-order valence-electron chi connectivity index (χ0n) is 23.5. The lowest BCUT2D eigenvalue weighted by Gasteiger charge is -2.13. The summed E-state index contributed by atoms with van der Waals surface area (Å²) in [6.07, 6.45) is 4.54. The molecule has 0 fully saturated rings. The van der Waals surface area contributed by atoms with Gasteiger partial charge in [-0.1, -0.05) is 12.1 Å². The zero-order chi connectivity index (χ0) is 31.1. The number of nitrogens with one attached hydrogen (secondary N) is 3. The predicted octanol–water partition coefficient (Wildman–Crippen LogP) is 5.17. The molecule has 0 aliphatic heterocycles. The molecule has 3 aromatic carbocycles. The number of ether oxygens (including phenoxy) is 1.